The molecule has 6 heteroatoms. The third-order valence-electron chi connectivity index (χ3n) is 2.25. The van der Waals surface area contributed by atoms with E-state index in [-0.39, 0.29) is 24.4 Å². The van der Waals surface area contributed by atoms with Gasteiger partial charge in [0.2, 0.25) is 5.91 Å². The van der Waals surface area contributed by atoms with E-state index in [2.05, 4.69) is 5.32 Å². The Hall–Kier alpha value is -1.53. The van der Waals surface area contributed by atoms with Crippen molar-refractivity contribution in [3.05, 3.63) is 29.8 Å². The van der Waals surface area contributed by atoms with Crippen LogP contribution in [-0.2, 0) is 20.1 Å². The van der Waals surface area contributed by atoms with Gasteiger partial charge in [-0.15, -0.1) is 11.8 Å². The van der Waals surface area contributed by atoms with Crippen LogP contribution in [0.2, 0.25) is 0 Å². The second-order valence-corrected chi connectivity index (χ2v) is 5.48. The molecule has 5 nitrogen and oxygen atoms in total. The van der Waals surface area contributed by atoms with Crippen molar-refractivity contribution in [2.45, 2.75) is 25.7 Å². The summed E-state index contributed by atoms with van der Waals surface area (Å²) in [4.78, 5) is 22.0. The van der Waals surface area contributed by atoms with Gasteiger partial charge in [-0.25, -0.2) is 0 Å². The van der Waals surface area contributed by atoms with Gasteiger partial charge in [-0.2, -0.15) is 0 Å². The normalized spacial score (nSPS) is 10.6. The van der Waals surface area contributed by atoms with Gasteiger partial charge in [0.25, 0.3) is 0 Å². The number of rotatable bonds is 8. The highest BCUT2D eigenvalue weighted by atomic mass is 32.2. The predicted octanol–water partition coefficient (Wildman–Crippen LogP) is 2.37. The number of carboxylic acid groups (broad SMARTS) is 1. The first-order valence-corrected chi connectivity index (χ1v) is 7.43. The van der Waals surface area contributed by atoms with Gasteiger partial charge in [0.15, 0.2) is 0 Å². The second kappa shape index (κ2) is 8.60. The van der Waals surface area contributed by atoms with Crippen LogP contribution in [0.25, 0.3) is 0 Å². The summed E-state index contributed by atoms with van der Waals surface area (Å²) in [7, 11) is 0. The maximum Gasteiger partial charge on any atom is 0.313 e. The van der Waals surface area contributed by atoms with Gasteiger partial charge in [-0.3, -0.25) is 9.59 Å². The highest BCUT2D eigenvalue weighted by Crippen LogP contribution is 2.16. The summed E-state index contributed by atoms with van der Waals surface area (Å²) in [6.45, 7) is 3.76. The van der Waals surface area contributed by atoms with Crippen LogP contribution >= 0.6 is 11.8 Å². The summed E-state index contributed by atoms with van der Waals surface area (Å²) in [6, 6.07) is 7.35. The number of carboxylic acids is 1. The lowest BCUT2D eigenvalue weighted by molar-refractivity contribution is -0.133. The fraction of sp³-hybridized carbons (Fsp3) is 0.429. The van der Waals surface area contributed by atoms with E-state index in [1.54, 1.807) is 6.07 Å². The average molecular weight is 297 g/mol. The first kappa shape index (κ1) is 16.5. The molecule has 0 unspecified atom stereocenters. The van der Waals surface area contributed by atoms with E-state index in [1.165, 1.54) is 11.8 Å². The lowest BCUT2D eigenvalue weighted by Crippen LogP contribution is -2.20. The lowest BCUT2D eigenvalue weighted by Gasteiger charge is -2.09. The molecule has 0 aliphatic carbocycles. The number of thioether (sulfide) groups is 1. The molecule has 110 valence electrons. The van der Waals surface area contributed by atoms with Crippen molar-refractivity contribution in [1.82, 2.24) is 0 Å². The van der Waals surface area contributed by atoms with Crippen LogP contribution in [0.4, 0.5) is 5.69 Å². The van der Waals surface area contributed by atoms with Crippen LogP contribution in [0.15, 0.2) is 24.3 Å². The number of amides is 1. The number of hydrogen-bond acceptors (Lipinski definition) is 4. The molecule has 0 spiro atoms. The molecule has 0 aliphatic rings. The fourth-order valence-corrected chi connectivity index (χ4v) is 2.13. The Balaban J connectivity index is 2.46. The Bertz CT molecular complexity index is 462. The SMILES string of the molecule is CC(C)OCC(=O)Nc1cccc(CSCC(=O)O)c1. The third kappa shape index (κ3) is 7.16. The van der Waals surface area contributed by atoms with E-state index in [4.69, 9.17) is 9.84 Å². The van der Waals surface area contributed by atoms with Crippen molar-refractivity contribution >= 4 is 29.3 Å². The molecule has 1 amide bonds. The van der Waals surface area contributed by atoms with Gasteiger partial charge >= 0.3 is 5.97 Å². The first-order valence-electron chi connectivity index (χ1n) is 6.27. The van der Waals surface area contributed by atoms with Crippen molar-refractivity contribution in [1.29, 1.82) is 0 Å². The Morgan fingerprint density at radius 2 is 2.15 bits per heavy atom. The monoisotopic (exact) mass is 297 g/mol. The molecule has 0 radical (unpaired) electrons. The summed E-state index contributed by atoms with van der Waals surface area (Å²) in [5.41, 5.74) is 1.66. The van der Waals surface area contributed by atoms with Crippen LogP contribution in [0, 0.1) is 0 Å². The highest BCUT2D eigenvalue weighted by Gasteiger charge is 2.05. The molecule has 0 fully saturated rings. The van der Waals surface area contributed by atoms with Gasteiger partial charge in [0, 0.05) is 11.4 Å². The number of ether oxygens (including phenoxy) is 1. The van der Waals surface area contributed by atoms with Crippen molar-refractivity contribution < 1.29 is 19.4 Å². The smallest absolute Gasteiger partial charge is 0.313 e. The molecule has 0 saturated heterocycles. The number of nitrogens with one attached hydrogen (secondary N) is 1. The zero-order valence-electron chi connectivity index (χ0n) is 11.6. The van der Waals surface area contributed by atoms with Crippen LogP contribution in [-0.4, -0.2) is 35.4 Å². The summed E-state index contributed by atoms with van der Waals surface area (Å²) in [6.07, 6.45) is 0.0134. The van der Waals surface area contributed by atoms with Crippen molar-refractivity contribution in [3.63, 3.8) is 0 Å². The van der Waals surface area contributed by atoms with Crippen LogP contribution in [0.3, 0.4) is 0 Å². The molecule has 0 aliphatic heterocycles. The minimum atomic E-state index is -0.828. The maximum atomic E-state index is 11.6. The molecule has 0 bridgehead atoms. The molecule has 1 aromatic carbocycles. The molecule has 1 rings (SSSR count). The molecule has 0 heterocycles. The number of aliphatic carboxylic acids is 1. The topological polar surface area (TPSA) is 75.6 Å². The molecule has 0 saturated carbocycles. The highest BCUT2D eigenvalue weighted by molar-refractivity contribution is 7.99. The summed E-state index contributed by atoms with van der Waals surface area (Å²) in [5, 5.41) is 11.3. The standard InChI is InChI=1S/C14H19NO4S/c1-10(2)19-7-13(16)15-12-5-3-4-11(6-12)8-20-9-14(17)18/h3-6,10H,7-9H2,1-2H3,(H,15,16)(H,17,18). The Morgan fingerprint density at radius 1 is 1.40 bits per heavy atom. The number of hydrogen-bond donors (Lipinski definition) is 2. The quantitative estimate of drug-likeness (QED) is 0.770. The first-order chi connectivity index (χ1) is 9.47. The number of anilines is 1. The molecule has 0 aromatic heterocycles. The van der Waals surface area contributed by atoms with Crippen molar-refractivity contribution in [2.75, 3.05) is 17.7 Å². The van der Waals surface area contributed by atoms with Gasteiger partial charge in [-0.05, 0) is 31.5 Å². The van der Waals surface area contributed by atoms with E-state index in [1.807, 2.05) is 32.0 Å². The van der Waals surface area contributed by atoms with Crippen molar-refractivity contribution in [3.8, 4) is 0 Å². The van der Waals surface area contributed by atoms with Gasteiger partial charge in [0.1, 0.15) is 6.61 Å². The van der Waals surface area contributed by atoms with E-state index in [9.17, 15) is 9.59 Å². The van der Waals surface area contributed by atoms with Gasteiger partial charge < -0.3 is 15.2 Å². The Kier molecular flexibility index (Phi) is 7.11. The molecular formula is C14H19NO4S. The van der Waals surface area contributed by atoms with Crippen molar-refractivity contribution in [2.24, 2.45) is 0 Å². The zero-order valence-corrected chi connectivity index (χ0v) is 12.4. The molecule has 2 N–H and O–H groups in total. The van der Waals surface area contributed by atoms with E-state index in [0.717, 1.165) is 5.56 Å². The lowest BCUT2D eigenvalue weighted by atomic mass is 10.2. The fourth-order valence-electron chi connectivity index (χ4n) is 1.43. The van der Waals surface area contributed by atoms with Crippen LogP contribution < -0.4 is 5.32 Å². The molecule has 20 heavy (non-hydrogen) atoms. The van der Waals surface area contributed by atoms with Gasteiger partial charge in [-0.1, -0.05) is 12.1 Å². The molecule has 1 aromatic rings. The largest absolute Gasteiger partial charge is 0.481 e. The van der Waals surface area contributed by atoms with E-state index in [0.29, 0.717) is 11.4 Å². The summed E-state index contributed by atoms with van der Waals surface area (Å²) in [5.74, 6) is -0.364. The maximum absolute atomic E-state index is 11.6. The van der Waals surface area contributed by atoms with Crippen LogP contribution in [0.1, 0.15) is 19.4 Å². The van der Waals surface area contributed by atoms with Gasteiger partial charge in [0.05, 0.1) is 11.9 Å². The minimum absolute atomic E-state index is 0.0134. The third-order valence-corrected chi connectivity index (χ3v) is 3.24. The summed E-state index contributed by atoms with van der Waals surface area (Å²) >= 11 is 1.32. The Morgan fingerprint density at radius 3 is 2.80 bits per heavy atom. The second-order valence-electron chi connectivity index (χ2n) is 4.49. The van der Waals surface area contributed by atoms with E-state index >= 15 is 0 Å². The molecule has 0 atom stereocenters. The number of carbonyl (C=O) groups excluding carboxylic acids is 1. The number of benzene rings is 1. The van der Waals surface area contributed by atoms with E-state index < -0.39 is 5.97 Å². The van der Waals surface area contributed by atoms with Crippen LogP contribution in [0.5, 0.6) is 0 Å². The number of carbonyl (C=O) groups is 2. The molecular weight excluding hydrogens is 278 g/mol. The zero-order chi connectivity index (χ0) is 15.0. The Labute approximate surface area is 122 Å². The average Bonchev–Trinajstić information content (AvgIpc) is 2.36. The predicted molar refractivity (Wildman–Crippen MR) is 80.0 cm³/mol. The summed E-state index contributed by atoms with van der Waals surface area (Å²) < 4.78 is 5.22. The minimum Gasteiger partial charge on any atom is -0.481 e.